The van der Waals surface area contributed by atoms with E-state index in [1.165, 1.54) is 5.56 Å². The van der Waals surface area contributed by atoms with Gasteiger partial charge in [-0.1, -0.05) is 30.3 Å². The van der Waals surface area contributed by atoms with Crippen LogP contribution in [0.4, 0.5) is 0 Å². The van der Waals surface area contributed by atoms with Crippen molar-refractivity contribution in [1.29, 1.82) is 0 Å². The Labute approximate surface area is 168 Å². The van der Waals surface area contributed by atoms with E-state index in [0.29, 0.717) is 33.0 Å². The Morgan fingerprint density at radius 3 is 2.52 bits per heavy atom. The SMILES string of the molecule is CCNC(=NCCCOCCOC)NCCOCc1ccccc1.I. The third kappa shape index (κ3) is 14.0. The lowest BCUT2D eigenvalue weighted by Crippen LogP contribution is -2.39. The largest absolute Gasteiger partial charge is 0.382 e. The first kappa shape index (κ1) is 24.1. The number of hydrogen-bond donors (Lipinski definition) is 2. The van der Waals surface area contributed by atoms with Crippen LogP contribution in [-0.2, 0) is 20.8 Å². The summed E-state index contributed by atoms with van der Waals surface area (Å²) < 4.78 is 16.0. The number of guanidine groups is 1. The number of methoxy groups -OCH3 is 1. The van der Waals surface area contributed by atoms with Crippen LogP contribution >= 0.6 is 24.0 Å². The summed E-state index contributed by atoms with van der Waals surface area (Å²) in [5.41, 5.74) is 1.19. The van der Waals surface area contributed by atoms with Gasteiger partial charge in [-0.2, -0.15) is 0 Å². The van der Waals surface area contributed by atoms with Crippen LogP contribution in [0.25, 0.3) is 0 Å². The van der Waals surface area contributed by atoms with E-state index in [9.17, 15) is 0 Å². The molecule has 1 rings (SSSR count). The molecule has 0 aliphatic rings. The molecule has 2 N–H and O–H groups in total. The summed E-state index contributed by atoms with van der Waals surface area (Å²) in [5.74, 6) is 0.817. The van der Waals surface area contributed by atoms with Gasteiger partial charge in [0, 0.05) is 33.4 Å². The maximum absolute atomic E-state index is 5.65. The van der Waals surface area contributed by atoms with Gasteiger partial charge in [0.1, 0.15) is 0 Å². The molecule has 7 heteroatoms. The average Bonchev–Trinajstić information content (AvgIpc) is 2.61. The van der Waals surface area contributed by atoms with E-state index in [4.69, 9.17) is 14.2 Å². The standard InChI is InChI=1S/C18H31N3O3.HI/c1-3-19-18(20-10-7-12-23-15-14-22-2)21-11-13-24-16-17-8-5-4-6-9-17;/h4-6,8-9H,3,7,10-16H2,1-2H3,(H2,19,20,21);1H. The molecular formula is C18H32IN3O3. The molecule has 0 fully saturated rings. The van der Waals surface area contributed by atoms with Crippen molar-refractivity contribution in [2.24, 2.45) is 4.99 Å². The van der Waals surface area contributed by atoms with Gasteiger partial charge < -0.3 is 24.8 Å². The normalized spacial score (nSPS) is 11.0. The van der Waals surface area contributed by atoms with Crippen molar-refractivity contribution in [2.75, 3.05) is 53.2 Å². The van der Waals surface area contributed by atoms with Crippen LogP contribution in [0.5, 0.6) is 0 Å². The average molecular weight is 465 g/mol. The highest BCUT2D eigenvalue weighted by molar-refractivity contribution is 14.0. The van der Waals surface area contributed by atoms with Crippen molar-refractivity contribution >= 4 is 29.9 Å². The minimum absolute atomic E-state index is 0. The van der Waals surface area contributed by atoms with Crippen molar-refractivity contribution in [3.8, 4) is 0 Å². The molecule has 0 saturated heterocycles. The molecule has 0 heterocycles. The molecule has 0 aliphatic carbocycles. The summed E-state index contributed by atoms with van der Waals surface area (Å²) in [6, 6.07) is 10.2. The Kier molecular flexibility index (Phi) is 17.3. The minimum atomic E-state index is 0. The monoisotopic (exact) mass is 465 g/mol. The van der Waals surface area contributed by atoms with E-state index in [0.717, 1.165) is 32.0 Å². The number of aliphatic imine (C=N–C) groups is 1. The van der Waals surface area contributed by atoms with Crippen molar-refractivity contribution in [1.82, 2.24) is 10.6 Å². The quantitative estimate of drug-likeness (QED) is 0.203. The fraction of sp³-hybridized carbons (Fsp3) is 0.611. The van der Waals surface area contributed by atoms with Crippen LogP contribution in [0.15, 0.2) is 35.3 Å². The Balaban J connectivity index is 0.00000576. The summed E-state index contributed by atoms with van der Waals surface area (Å²) in [5, 5.41) is 6.50. The van der Waals surface area contributed by atoms with Gasteiger partial charge >= 0.3 is 0 Å². The number of nitrogens with one attached hydrogen (secondary N) is 2. The molecule has 1 aromatic rings. The Morgan fingerprint density at radius 2 is 1.80 bits per heavy atom. The second-order valence-electron chi connectivity index (χ2n) is 5.18. The molecule has 0 aliphatic heterocycles. The van der Waals surface area contributed by atoms with Crippen LogP contribution in [0.2, 0.25) is 0 Å². The van der Waals surface area contributed by atoms with Crippen molar-refractivity contribution in [3.63, 3.8) is 0 Å². The van der Waals surface area contributed by atoms with Gasteiger partial charge in [0.2, 0.25) is 0 Å². The smallest absolute Gasteiger partial charge is 0.191 e. The lowest BCUT2D eigenvalue weighted by Gasteiger charge is -2.11. The van der Waals surface area contributed by atoms with Crippen LogP contribution in [0.3, 0.4) is 0 Å². The molecule has 0 bridgehead atoms. The van der Waals surface area contributed by atoms with E-state index in [1.54, 1.807) is 7.11 Å². The molecule has 0 saturated carbocycles. The van der Waals surface area contributed by atoms with Gasteiger partial charge in [-0.15, -0.1) is 24.0 Å². The summed E-state index contributed by atoms with van der Waals surface area (Å²) in [4.78, 5) is 4.51. The van der Waals surface area contributed by atoms with Crippen LogP contribution < -0.4 is 10.6 Å². The van der Waals surface area contributed by atoms with Gasteiger partial charge in [-0.05, 0) is 18.9 Å². The molecule has 0 radical (unpaired) electrons. The predicted octanol–water partition coefficient (Wildman–Crippen LogP) is 2.43. The number of benzene rings is 1. The predicted molar refractivity (Wildman–Crippen MR) is 113 cm³/mol. The molecule has 144 valence electrons. The summed E-state index contributed by atoms with van der Waals surface area (Å²) in [6.07, 6.45) is 0.894. The minimum Gasteiger partial charge on any atom is -0.382 e. The zero-order valence-electron chi connectivity index (χ0n) is 15.3. The Hall–Kier alpha value is -0.900. The highest BCUT2D eigenvalue weighted by atomic mass is 127. The van der Waals surface area contributed by atoms with E-state index >= 15 is 0 Å². The first-order valence-corrected chi connectivity index (χ1v) is 8.57. The molecule has 1 aromatic carbocycles. The van der Waals surface area contributed by atoms with Crippen LogP contribution in [0.1, 0.15) is 18.9 Å². The van der Waals surface area contributed by atoms with Gasteiger partial charge in [0.25, 0.3) is 0 Å². The van der Waals surface area contributed by atoms with Crippen molar-refractivity contribution in [3.05, 3.63) is 35.9 Å². The second-order valence-corrected chi connectivity index (χ2v) is 5.18. The molecular weight excluding hydrogens is 433 g/mol. The zero-order valence-corrected chi connectivity index (χ0v) is 17.7. The molecule has 0 aromatic heterocycles. The lowest BCUT2D eigenvalue weighted by molar-refractivity contribution is 0.0702. The Bertz CT molecular complexity index is 433. The van der Waals surface area contributed by atoms with Crippen LogP contribution in [0, 0.1) is 0 Å². The number of hydrogen-bond acceptors (Lipinski definition) is 4. The van der Waals surface area contributed by atoms with E-state index in [1.807, 2.05) is 18.2 Å². The highest BCUT2D eigenvalue weighted by Gasteiger charge is 1.97. The number of ether oxygens (including phenoxy) is 3. The summed E-state index contributed by atoms with van der Waals surface area (Å²) in [6.45, 7) is 7.59. The first-order chi connectivity index (χ1) is 11.9. The van der Waals surface area contributed by atoms with E-state index < -0.39 is 0 Å². The third-order valence-electron chi connectivity index (χ3n) is 3.14. The van der Waals surface area contributed by atoms with Crippen molar-refractivity contribution < 1.29 is 14.2 Å². The molecule has 0 spiro atoms. The molecule has 25 heavy (non-hydrogen) atoms. The molecule has 0 atom stereocenters. The third-order valence-corrected chi connectivity index (χ3v) is 3.14. The first-order valence-electron chi connectivity index (χ1n) is 8.57. The van der Waals surface area contributed by atoms with E-state index in [2.05, 4.69) is 34.7 Å². The zero-order chi connectivity index (χ0) is 17.3. The fourth-order valence-electron chi connectivity index (χ4n) is 1.95. The fourth-order valence-corrected chi connectivity index (χ4v) is 1.95. The Morgan fingerprint density at radius 1 is 1.00 bits per heavy atom. The van der Waals surface area contributed by atoms with E-state index in [-0.39, 0.29) is 24.0 Å². The van der Waals surface area contributed by atoms with Crippen LogP contribution in [-0.4, -0.2) is 59.1 Å². The molecule has 0 amide bonds. The summed E-state index contributed by atoms with van der Waals surface area (Å²) >= 11 is 0. The maximum Gasteiger partial charge on any atom is 0.191 e. The lowest BCUT2D eigenvalue weighted by atomic mass is 10.2. The van der Waals surface area contributed by atoms with Gasteiger partial charge in [-0.3, -0.25) is 4.99 Å². The second kappa shape index (κ2) is 17.9. The van der Waals surface area contributed by atoms with Gasteiger partial charge in [0.15, 0.2) is 5.96 Å². The molecule has 0 unspecified atom stereocenters. The highest BCUT2D eigenvalue weighted by Crippen LogP contribution is 1.99. The van der Waals surface area contributed by atoms with Gasteiger partial charge in [-0.25, -0.2) is 0 Å². The number of nitrogens with zero attached hydrogens (tertiary/aromatic N) is 1. The maximum atomic E-state index is 5.65. The number of halogens is 1. The topological polar surface area (TPSA) is 64.1 Å². The van der Waals surface area contributed by atoms with Gasteiger partial charge in [0.05, 0.1) is 26.4 Å². The van der Waals surface area contributed by atoms with Crippen molar-refractivity contribution in [2.45, 2.75) is 20.0 Å². The summed E-state index contributed by atoms with van der Waals surface area (Å²) in [7, 11) is 1.67. The number of rotatable bonds is 13. The molecule has 6 nitrogen and oxygen atoms in total.